The molecule has 2 bridgehead atoms. The first-order chi connectivity index (χ1) is 7.42. The van der Waals surface area contributed by atoms with Crippen LogP contribution in [0.3, 0.4) is 0 Å². The van der Waals surface area contributed by atoms with E-state index in [4.69, 9.17) is 0 Å². The van der Waals surface area contributed by atoms with Crippen molar-refractivity contribution in [3.63, 3.8) is 0 Å². The van der Waals surface area contributed by atoms with Gasteiger partial charge in [-0.3, -0.25) is 4.90 Å². The van der Waals surface area contributed by atoms with Crippen molar-refractivity contribution in [2.45, 2.75) is 83.2 Å². The minimum Gasteiger partial charge on any atom is -0.297 e. The van der Waals surface area contributed by atoms with Gasteiger partial charge in [0.25, 0.3) is 0 Å². The van der Waals surface area contributed by atoms with Crippen molar-refractivity contribution in [2.75, 3.05) is 6.54 Å². The Morgan fingerprint density at radius 1 is 0.867 bits per heavy atom. The van der Waals surface area contributed by atoms with Gasteiger partial charge in [0.15, 0.2) is 0 Å². The highest BCUT2D eigenvalue weighted by Gasteiger charge is 2.35. The first-order valence-corrected chi connectivity index (χ1v) is 7.17. The summed E-state index contributed by atoms with van der Waals surface area (Å²) in [5.74, 6) is 0. The van der Waals surface area contributed by atoms with Gasteiger partial charge in [-0.15, -0.1) is 0 Å². The Bertz CT molecular complexity index is 162. The maximum absolute atomic E-state index is 2.84. The van der Waals surface area contributed by atoms with Crippen LogP contribution in [0.25, 0.3) is 0 Å². The van der Waals surface area contributed by atoms with Gasteiger partial charge in [0, 0.05) is 12.1 Å². The Balaban J connectivity index is 1.62. The van der Waals surface area contributed by atoms with E-state index in [2.05, 4.69) is 11.8 Å². The van der Waals surface area contributed by atoms with E-state index in [1.54, 1.807) is 0 Å². The van der Waals surface area contributed by atoms with Crippen molar-refractivity contribution in [2.24, 2.45) is 0 Å². The van der Waals surface area contributed by atoms with Crippen LogP contribution in [0.15, 0.2) is 0 Å². The Labute approximate surface area is 95.2 Å². The molecule has 2 unspecified atom stereocenters. The predicted molar refractivity (Wildman–Crippen MR) is 66.1 cm³/mol. The van der Waals surface area contributed by atoms with Crippen molar-refractivity contribution in [1.29, 1.82) is 0 Å². The van der Waals surface area contributed by atoms with Crippen molar-refractivity contribution < 1.29 is 0 Å². The maximum atomic E-state index is 2.84. The smallest absolute Gasteiger partial charge is 0.00987 e. The zero-order valence-corrected chi connectivity index (χ0v) is 10.4. The standard InChI is InChI=1S/C14H27N/c1-2-3-4-5-6-12-15-13-8-7-9-14(15)11-10-13/h13-14H,2-12H2,1H3. The first-order valence-electron chi connectivity index (χ1n) is 7.17. The van der Waals surface area contributed by atoms with Crippen molar-refractivity contribution >= 4 is 0 Å². The number of unbranched alkanes of at least 4 members (excludes halogenated alkanes) is 4. The molecule has 2 saturated heterocycles. The van der Waals surface area contributed by atoms with Crippen LogP contribution in [0.4, 0.5) is 0 Å². The number of piperidine rings is 1. The molecule has 88 valence electrons. The third-order valence-electron chi connectivity index (χ3n) is 4.37. The van der Waals surface area contributed by atoms with Crippen molar-refractivity contribution in [3.05, 3.63) is 0 Å². The fourth-order valence-electron chi connectivity index (χ4n) is 3.49. The average molecular weight is 209 g/mol. The molecule has 0 radical (unpaired) electrons. The highest BCUT2D eigenvalue weighted by atomic mass is 15.2. The molecule has 0 N–H and O–H groups in total. The monoisotopic (exact) mass is 209 g/mol. The van der Waals surface area contributed by atoms with E-state index >= 15 is 0 Å². The number of nitrogens with zero attached hydrogens (tertiary/aromatic N) is 1. The molecule has 0 amide bonds. The molecule has 2 fully saturated rings. The van der Waals surface area contributed by atoms with Gasteiger partial charge in [-0.2, -0.15) is 0 Å². The largest absolute Gasteiger partial charge is 0.297 e. The zero-order chi connectivity index (χ0) is 10.5. The van der Waals surface area contributed by atoms with Gasteiger partial charge in [0.05, 0.1) is 0 Å². The lowest BCUT2D eigenvalue weighted by Crippen LogP contribution is -2.40. The van der Waals surface area contributed by atoms with Gasteiger partial charge in [-0.05, 0) is 38.6 Å². The van der Waals surface area contributed by atoms with Crippen LogP contribution in [-0.2, 0) is 0 Å². The quantitative estimate of drug-likeness (QED) is 0.598. The molecule has 2 rings (SSSR count). The average Bonchev–Trinajstić information content (AvgIpc) is 2.50. The number of fused-ring (bicyclic) bond motifs is 2. The van der Waals surface area contributed by atoms with Crippen LogP contribution < -0.4 is 0 Å². The number of hydrogen-bond acceptors (Lipinski definition) is 1. The maximum Gasteiger partial charge on any atom is 0.00987 e. The van der Waals surface area contributed by atoms with E-state index in [1.165, 1.54) is 70.8 Å². The first kappa shape index (κ1) is 11.4. The highest BCUT2D eigenvalue weighted by molar-refractivity contribution is 4.91. The van der Waals surface area contributed by atoms with Crippen molar-refractivity contribution in [1.82, 2.24) is 4.90 Å². The predicted octanol–water partition coefficient (Wildman–Crippen LogP) is 3.97. The van der Waals surface area contributed by atoms with Crippen LogP contribution in [0.5, 0.6) is 0 Å². The van der Waals surface area contributed by atoms with E-state index in [-0.39, 0.29) is 0 Å². The summed E-state index contributed by atoms with van der Waals surface area (Å²) in [4.78, 5) is 2.84. The molecule has 0 spiro atoms. The molecule has 0 aromatic rings. The molecular formula is C14H27N. The molecular weight excluding hydrogens is 182 g/mol. The third kappa shape index (κ3) is 2.96. The van der Waals surface area contributed by atoms with E-state index < -0.39 is 0 Å². The molecule has 15 heavy (non-hydrogen) atoms. The second kappa shape index (κ2) is 5.89. The van der Waals surface area contributed by atoms with E-state index in [1.807, 2.05) is 0 Å². The molecule has 2 aliphatic rings. The van der Waals surface area contributed by atoms with Crippen molar-refractivity contribution in [3.8, 4) is 0 Å². The van der Waals surface area contributed by atoms with Gasteiger partial charge in [0.2, 0.25) is 0 Å². The Hall–Kier alpha value is -0.0400. The third-order valence-corrected chi connectivity index (χ3v) is 4.37. The molecule has 1 heteroatoms. The number of rotatable bonds is 6. The summed E-state index contributed by atoms with van der Waals surface area (Å²) in [6.45, 7) is 3.70. The number of hydrogen-bond donors (Lipinski definition) is 0. The van der Waals surface area contributed by atoms with Crippen LogP contribution in [0.2, 0.25) is 0 Å². The minimum absolute atomic E-state index is 0.981. The Morgan fingerprint density at radius 2 is 1.53 bits per heavy atom. The van der Waals surface area contributed by atoms with Gasteiger partial charge in [-0.25, -0.2) is 0 Å². The molecule has 0 saturated carbocycles. The SMILES string of the molecule is CCCCCCCN1C2CCCC1CC2. The van der Waals surface area contributed by atoms with E-state index in [0.29, 0.717) is 0 Å². The summed E-state index contributed by atoms with van der Waals surface area (Å²) < 4.78 is 0. The molecule has 2 heterocycles. The van der Waals surface area contributed by atoms with Crippen LogP contribution in [0.1, 0.15) is 71.1 Å². The van der Waals surface area contributed by atoms with Crippen LogP contribution in [-0.4, -0.2) is 23.5 Å². The summed E-state index contributed by atoms with van der Waals surface area (Å²) in [7, 11) is 0. The summed E-state index contributed by atoms with van der Waals surface area (Å²) >= 11 is 0. The molecule has 0 aromatic carbocycles. The topological polar surface area (TPSA) is 3.24 Å². The molecule has 0 aromatic heterocycles. The lowest BCUT2D eigenvalue weighted by molar-refractivity contribution is 0.137. The second-order valence-electron chi connectivity index (χ2n) is 5.47. The van der Waals surface area contributed by atoms with Gasteiger partial charge >= 0.3 is 0 Å². The molecule has 0 aliphatic carbocycles. The molecule has 2 aliphatic heterocycles. The fraction of sp³-hybridized carbons (Fsp3) is 1.00. The normalized spacial score (nSPS) is 31.0. The summed E-state index contributed by atoms with van der Waals surface area (Å²) in [6, 6.07) is 1.96. The van der Waals surface area contributed by atoms with Gasteiger partial charge in [-0.1, -0.05) is 39.0 Å². The van der Waals surface area contributed by atoms with E-state index in [0.717, 1.165) is 12.1 Å². The summed E-state index contributed by atoms with van der Waals surface area (Å²) in [6.07, 6.45) is 14.7. The molecule has 2 atom stereocenters. The van der Waals surface area contributed by atoms with E-state index in [9.17, 15) is 0 Å². The summed E-state index contributed by atoms with van der Waals surface area (Å²) in [5.41, 5.74) is 0. The lowest BCUT2D eigenvalue weighted by Gasteiger charge is -2.34. The Kier molecular flexibility index (Phi) is 4.49. The highest BCUT2D eigenvalue weighted by Crippen LogP contribution is 2.35. The lowest BCUT2D eigenvalue weighted by atomic mass is 10.0. The zero-order valence-electron chi connectivity index (χ0n) is 10.4. The Morgan fingerprint density at radius 3 is 2.20 bits per heavy atom. The molecule has 1 nitrogen and oxygen atoms in total. The van der Waals surface area contributed by atoms with Crippen LogP contribution in [0, 0.1) is 0 Å². The second-order valence-corrected chi connectivity index (χ2v) is 5.47. The van der Waals surface area contributed by atoms with Gasteiger partial charge in [0.1, 0.15) is 0 Å². The fourth-order valence-corrected chi connectivity index (χ4v) is 3.49. The van der Waals surface area contributed by atoms with Gasteiger partial charge < -0.3 is 0 Å². The summed E-state index contributed by atoms with van der Waals surface area (Å²) in [5, 5.41) is 0. The van der Waals surface area contributed by atoms with Crippen LogP contribution >= 0.6 is 0 Å². The minimum atomic E-state index is 0.981.